The maximum atomic E-state index is 12.1. The molecule has 1 heterocycles. The zero-order valence-corrected chi connectivity index (χ0v) is 11.9. The average molecular weight is 290 g/mol. The van der Waals surface area contributed by atoms with Crippen LogP contribution in [0, 0.1) is 0 Å². The summed E-state index contributed by atoms with van der Waals surface area (Å²) in [6, 6.07) is 6.58. The minimum atomic E-state index is -0.486. The van der Waals surface area contributed by atoms with E-state index in [1.54, 1.807) is 24.3 Å². The second-order valence-electron chi connectivity index (χ2n) is 4.93. The van der Waals surface area contributed by atoms with E-state index in [-0.39, 0.29) is 31.3 Å². The van der Waals surface area contributed by atoms with Crippen LogP contribution in [0.15, 0.2) is 24.3 Å². The summed E-state index contributed by atoms with van der Waals surface area (Å²) in [6.07, 6.45) is 1.49. The number of nitrogens with zero attached hydrogens (tertiary/aromatic N) is 2. The van der Waals surface area contributed by atoms with Gasteiger partial charge in [0.1, 0.15) is 0 Å². The molecule has 0 aliphatic carbocycles. The molecule has 0 spiro atoms. The van der Waals surface area contributed by atoms with E-state index in [0.29, 0.717) is 22.6 Å². The Balaban J connectivity index is 1.95. The van der Waals surface area contributed by atoms with Crippen molar-refractivity contribution >= 4 is 17.7 Å². The lowest BCUT2D eigenvalue weighted by Gasteiger charge is -2.17. The largest absolute Gasteiger partial charge is 0.286 e. The fourth-order valence-electron chi connectivity index (χ4n) is 2.21. The molecule has 0 fully saturated rings. The zero-order valence-electron chi connectivity index (χ0n) is 11.9. The maximum Gasteiger partial charge on any atom is 0.261 e. The summed E-state index contributed by atoms with van der Waals surface area (Å²) in [4.78, 5) is 36.9. The summed E-state index contributed by atoms with van der Waals surface area (Å²) in [6.45, 7) is 2.20. The number of hydroxylamine groups is 2. The van der Waals surface area contributed by atoms with E-state index in [4.69, 9.17) is 0 Å². The molecule has 1 aliphatic heterocycles. The van der Waals surface area contributed by atoms with Gasteiger partial charge in [0, 0.05) is 19.5 Å². The molecule has 1 aliphatic rings. The van der Waals surface area contributed by atoms with Gasteiger partial charge in [0.2, 0.25) is 5.91 Å². The van der Waals surface area contributed by atoms with Crippen LogP contribution in [0.2, 0.25) is 0 Å². The van der Waals surface area contributed by atoms with Gasteiger partial charge in [-0.15, -0.1) is 0 Å². The van der Waals surface area contributed by atoms with Gasteiger partial charge < -0.3 is 0 Å². The van der Waals surface area contributed by atoms with Crippen LogP contribution in [0.1, 0.15) is 46.9 Å². The van der Waals surface area contributed by atoms with Gasteiger partial charge in [-0.3, -0.25) is 24.5 Å². The molecule has 0 unspecified atom stereocenters. The number of hydrogen-bond donors (Lipinski definition) is 1. The fraction of sp³-hybridized carbons (Fsp3) is 0.400. The highest BCUT2D eigenvalue weighted by Crippen LogP contribution is 2.22. The van der Waals surface area contributed by atoms with Crippen LogP contribution in [0.5, 0.6) is 0 Å². The Bertz CT molecular complexity index is 536. The molecule has 112 valence electrons. The smallest absolute Gasteiger partial charge is 0.261 e. The summed E-state index contributed by atoms with van der Waals surface area (Å²) < 4.78 is 0. The molecule has 6 nitrogen and oxygen atoms in total. The van der Waals surface area contributed by atoms with Crippen LogP contribution in [-0.2, 0) is 4.79 Å². The standard InChI is InChI=1S/C15H18N2O4/c1-2-3-9-17(21)13(18)8-10-16-14(19)11-6-4-5-7-12(11)15(16)20/h4-7,21H,2-3,8-10H2,1H3. The third kappa shape index (κ3) is 3.11. The number of rotatable bonds is 6. The predicted octanol–water partition coefficient (Wildman–Crippen LogP) is 1.69. The molecule has 1 aromatic carbocycles. The lowest BCUT2D eigenvalue weighted by Crippen LogP contribution is -2.35. The van der Waals surface area contributed by atoms with Crippen molar-refractivity contribution < 1.29 is 19.6 Å². The number of carbonyl (C=O) groups excluding carboxylic acids is 3. The summed E-state index contributed by atoms with van der Waals surface area (Å²) in [5.74, 6) is -1.26. The Morgan fingerprint density at radius 1 is 1.19 bits per heavy atom. The minimum absolute atomic E-state index is 0.0195. The number of hydrogen-bond acceptors (Lipinski definition) is 4. The summed E-state index contributed by atoms with van der Waals surface area (Å²) >= 11 is 0. The first-order valence-electron chi connectivity index (χ1n) is 7.00. The Hall–Kier alpha value is -2.21. The molecule has 3 amide bonds. The number of carbonyl (C=O) groups is 3. The Labute approximate surface area is 122 Å². The van der Waals surface area contributed by atoms with Crippen molar-refractivity contribution in [3.05, 3.63) is 35.4 Å². The highest BCUT2D eigenvalue weighted by atomic mass is 16.5. The molecule has 0 saturated heterocycles. The van der Waals surface area contributed by atoms with Crippen LogP contribution in [0.25, 0.3) is 0 Å². The zero-order chi connectivity index (χ0) is 15.4. The number of amides is 3. The number of imide groups is 1. The normalized spacial score (nSPS) is 13.5. The molecular formula is C15H18N2O4. The first-order chi connectivity index (χ1) is 10.1. The van der Waals surface area contributed by atoms with Gasteiger partial charge in [-0.1, -0.05) is 25.5 Å². The van der Waals surface area contributed by atoms with Gasteiger partial charge >= 0.3 is 0 Å². The van der Waals surface area contributed by atoms with Crippen molar-refractivity contribution in [3.8, 4) is 0 Å². The molecule has 0 aromatic heterocycles. The first kappa shape index (κ1) is 15.2. The highest BCUT2D eigenvalue weighted by Gasteiger charge is 2.35. The lowest BCUT2D eigenvalue weighted by molar-refractivity contribution is -0.165. The van der Waals surface area contributed by atoms with E-state index in [0.717, 1.165) is 11.3 Å². The third-order valence-electron chi connectivity index (χ3n) is 3.44. The molecule has 0 atom stereocenters. The van der Waals surface area contributed by atoms with E-state index in [2.05, 4.69) is 0 Å². The summed E-state index contributed by atoms with van der Waals surface area (Å²) in [5.41, 5.74) is 0.726. The van der Waals surface area contributed by atoms with Gasteiger partial charge in [-0.2, -0.15) is 0 Å². The summed E-state index contributed by atoms with van der Waals surface area (Å²) in [5, 5.41) is 10.2. The SMILES string of the molecule is CCCCN(O)C(=O)CCN1C(=O)c2ccccc2C1=O. The van der Waals surface area contributed by atoms with Crippen molar-refractivity contribution in [1.82, 2.24) is 9.96 Å². The highest BCUT2D eigenvalue weighted by molar-refractivity contribution is 6.21. The molecule has 21 heavy (non-hydrogen) atoms. The number of unbranched alkanes of at least 4 members (excludes halogenated alkanes) is 1. The molecule has 0 saturated carbocycles. The van der Waals surface area contributed by atoms with E-state index >= 15 is 0 Å². The van der Waals surface area contributed by atoms with Crippen molar-refractivity contribution in [2.75, 3.05) is 13.1 Å². The molecule has 1 aromatic rings. The molecule has 0 radical (unpaired) electrons. The van der Waals surface area contributed by atoms with Crippen LogP contribution in [-0.4, -0.2) is 46.0 Å². The molecule has 2 rings (SSSR count). The molecule has 1 N–H and O–H groups in total. The molecular weight excluding hydrogens is 272 g/mol. The van der Waals surface area contributed by atoms with Crippen molar-refractivity contribution in [3.63, 3.8) is 0 Å². The van der Waals surface area contributed by atoms with Crippen LogP contribution < -0.4 is 0 Å². The molecule has 0 bridgehead atoms. The Morgan fingerprint density at radius 3 is 2.29 bits per heavy atom. The van der Waals surface area contributed by atoms with Gasteiger partial charge in [0.25, 0.3) is 11.8 Å². The van der Waals surface area contributed by atoms with E-state index in [9.17, 15) is 19.6 Å². The second kappa shape index (κ2) is 6.49. The van der Waals surface area contributed by atoms with Crippen LogP contribution in [0.4, 0.5) is 0 Å². The lowest BCUT2D eigenvalue weighted by atomic mass is 10.1. The van der Waals surface area contributed by atoms with Gasteiger partial charge in [0.15, 0.2) is 0 Å². The first-order valence-corrected chi connectivity index (χ1v) is 7.00. The maximum absolute atomic E-state index is 12.1. The van der Waals surface area contributed by atoms with Gasteiger partial charge in [0.05, 0.1) is 11.1 Å². The molecule has 6 heteroatoms. The number of fused-ring (bicyclic) bond motifs is 1. The van der Waals surface area contributed by atoms with Crippen molar-refractivity contribution in [1.29, 1.82) is 0 Å². The van der Waals surface area contributed by atoms with Gasteiger partial charge in [-0.05, 0) is 18.6 Å². The third-order valence-corrected chi connectivity index (χ3v) is 3.44. The predicted molar refractivity (Wildman–Crippen MR) is 74.8 cm³/mol. The Morgan fingerprint density at radius 2 is 1.76 bits per heavy atom. The van der Waals surface area contributed by atoms with Crippen LogP contribution in [0.3, 0.4) is 0 Å². The summed E-state index contributed by atoms with van der Waals surface area (Å²) in [7, 11) is 0. The van der Waals surface area contributed by atoms with Crippen molar-refractivity contribution in [2.45, 2.75) is 26.2 Å². The fourth-order valence-corrected chi connectivity index (χ4v) is 2.21. The second-order valence-corrected chi connectivity index (χ2v) is 4.93. The van der Waals surface area contributed by atoms with E-state index in [1.807, 2.05) is 6.92 Å². The van der Waals surface area contributed by atoms with Gasteiger partial charge in [-0.25, -0.2) is 5.06 Å². The van der Waals surface area contributed by atoms with E-state index < -0.39 is 5.91 Å². The topological polar surface area (TPSA) is 77.9 Å². The van der Waals surface area contributed by atoms with Crippen LogP contribution >= 0.6 is 0 Å². The monoisotopic (exact) mass is 290 g/mol. The Kier molecular flexibility index (Phi) is 4.70. The minimum Gasteiger partial charge on any atom is -0.286 e. The van der Waals surface area contributed by atoms with Crippen molar-refractivity contribution in [2.24, 2.45) is 0 Å². The number of benzene rings is 1. The van der Waals surface area contributed by atoms with E-state index in [1.165, 1.54) is 0 Å². The quantitative estimate of drug-likeness (QED) is 0.491. The average Bonchev–Trinajstić information content (AvgIpc) is 2.74.